The number of hydrogen-bond donors (Lipinski definition) is 3. The van der Waals surface area contributed by atoms with Crippen LogP contribution in [0, 0.1) is 0 Å². The van der Waals surface area contributed by atoms with Crippen molar-refractivity contribution >= 4 is 12.0 Å². The molecule has 0 radical (unpaired) electrons. The fourth-order valence-corrected chi connectivity index (χ4v) is 2.90. The number of carbonyl (C=O) groups excluding carboxylic acids is 2. The normalized spacial score (nSPS) is 14.9. The minimum Gasteiger partial charge on any atom is -0.508 e. The quantitative estimate of drug-likeness (QED) is 0.776. The topological polar surface area (TPSA) is 108 Å². The summed E-state index contributed by atoms with van der Waals surface area (Å²) in [5, 5.41) is 19.2. The van der Waals surface area contributed by atoms with Gasteiger partial charge in [0.05, 0.1) is 12.3 Å². The molecule has 8 nitrogen and oxygen atoms in total. The van der Waals surface area contributed by atoms with Crippen molar-refractivity contribution < 1.29 is 19.4 Å². The van der Waals surface area contributed by atoms with Crippen molar-refractivity contribution in [2.45, 2.75) is 25.8 Å². The molecule has 1 aliphatic rings. The first-order valence-electron chi connectivity index (χ1n) is 8.64. The van der Waals surface area contributed by atoms with Crippen LogP contribution in [0.5, 0.6) is 5.75 Å². The van der Waals surface area contributed by atoms with Crippen LogP contribution < -0.4 is 5.32 Å². The molecule has 3 N–H and O–H groups in total. The van der Waals surface area contributed by atoms with Gasteiger partial charge in [0, 0.05) is 24.7 Å². The Bertz CT molecular complexity index is 764. The number of aromatic amines is 1. The Kier molecular flexibility index (Phi) is 5.40. The zero-order chi connectivity index (χ0) is 18.5. The van der Waals surface area contributed by atoms with E-state index in [2.05, 4.69) is 15.5 Å². The van der Waals surface area contributed by atoms with E-state index in [0.29, 0.717) is 43.9 Å². The minimum atomic E-state index is -0.301. The van der Waals surface area contributed by atoms with Gasteiger partial charge >= 0.3 is 6.09 Å². The van der Waals surface area contributed by atoms with Crippen molar-refractivity contribution in [1.29, 1.82) is 0 Å². The van der Waals surface area contributed by atoms with Crippen molar-refractivity contribution in [3.8, 4) is 17.0 Å². The molecule has 1 aliphatic heterocycles. The van der Waals surface area contributed by atoms with E-state index >= 15 is 0 Å². The molecule has 0 bridgehead atoms. The molecule has 0 aliphatic carbocycles. The molecule has 1 fully saturated rings. The fourth-order valence-electron chi connectivity index (χ4n) is 2.90. The number of phenols is 1. The molecule has 0 spiro atoms. The van der Waals surface area contributed by atoms with Crippen LogP contribution >= 0.6 is 0 Å². The lowest BCUT2D eigenvalue weighted by Gasteiger charge is -2.31. The summed E-state index contributed by atoms with van der Waals surface area (Å²) in [4.78, 5) is 25.8. The van der Waals surface area contributed by atoms with E-state index in [1.807, 2.05) is 0 Å². The highest BCUT2D eigenvalue weighted by Crippen LogP contribution is 2.20. The van der Waals surface area contributed by atoms with Gasteiger partial charge in [-0.2, -0.15) is 5.10 Å². The summed E-state index contributed by atoms with van der Waals surface area (Å²) in [6, 6.07) is 8.29. The Balaban J connectivity index is 1.55. The van der Waals surface area contributed by atoms with Gasteiger partial charge in [-0.25, -0.2) is 4.79 Å². The third-order valence-electron chi connectivity index (χ3n) is 4.34. The molecule has 1 aromatic heterocycles. The summed E-state index contributed by atoms with van der Waals surface area (Å²) in [5.74, 6) is -0.0477. The Morgan fingerprint density at radius 3 is 2.65 bits per heavy atom. The first-order chi connectivity index (χ1) is 12.6. The SMILES string of the molecule is CCOC(=O)N1CCC(NC(=O)c2cc(-c3ccc(O)cc3)n[nH]2)CC1. The summed E-state index contributed by atoms with van der Waals surface area (Å²) in [6.45, 7) is 3.26. The number of hydrogen-bond acceptors (Lipinski definition) is 5. The van der Waals surface area contributed by atoms with E-state index in [1.54, 1.807) is 42.2 Å². The molecule has 2 amide bonds. The number of H-pyrrole nitrogens is 1. The first kappa shape index (κ1) is 17.8. The van der Waals surface area contributed by atoms with E-state index in [4.69, 9.17) is 4.74 Å². The molecule has 1 aromatic carbocycles. The van der Waals surface area contributed by atoms with E-state index < -0.39 is 0 Å². The number of nitrogens with one attached hydrogen (secondary N) is 2. The van der Waals surface area contributed by atoms with Crippen LogP contribution in [-0.4, -0.2) is 57.9 Å². The number of likely N-dealkylation sites (tertiary alicyclic amines) is 1. The standard InChI is InChI=1S/C18H22N4O4/c1-2-26-18(25)22-9-7-13(8-10-22)19-17(24)16-11-15(20-21-16)12-3-5-14(23)6-4-12/h3-6,11,13,23H,2,7-10H2,1H3,(H,19,24)(H,20,21). The molecule has 2 heterocycles. The van der Waals surface area contributed by atoms with E-state index in [9.17, 15) is 14.7 Å². The Labute approximate surface area is 151 Å². The van der Waals surface area contributed by atoms with Crippen LogP contribution in [0.2, 0.25) is 0 Å². The maximum Gasteiger partial charge on any atom is 0.409 e. The highest BCUT2D eigenvalue weighted by molar-refractivity contribution is 5.93. The molecular weight excluding hydrogens is 336 g/mol. The molecule has 3 rings (SSSR count). The Hall–Kier alpha value is -3.03. The van der Waals surface area contributed by atoms with Crippen molar-refractivity contribution in [3.05, 3.63) is 36.0 Å². The number of benzene rings is 1. The van der Waals surface area contributed by atoms with Crippen LogP contribution in [0.25, 0.3) is 11.3 Å². The molecule has 8 heteroatoms. The number of piperidine rings is 1. The molecule has 0 saturated carbocycles. The van der Waals surface area contributed by atoms with Gasteiger partial charge in [-0.3, -0.25) is 9.89 Å². The number of amides is 2. The van der Waals surface area contributed by atoms with Gasteiger partial charge in [-0.05, 0) is 50.1 Å². The third-order valence-corrected chi connectivity index (χ3v) is 4.34. The number of rotatable bonds is 4. The molecule has 0 unspecified atom stereocenters. The van der Waals surface area contributed by atoms with Crippen molar-refractivity contribution in [1.82, 2.24) is 20.4 Å². The van der Waals surface area contributed by atoms with E-state index in [0.717, 1.165) is 5.56 Å². The van der Waals surface area contributed by atoms with Crippen LogP contribution in [0.1, 0.15) is 30.3 Å². The van der Waals surface area contributed by atoms with Crippen LogP contribution in [0.4, 0.5) is 4.79 Å². The molecule has 1 saturated heterocycles. The van der Waals surface area contributed by atoms with Gasteiger partial charge in [0.25, 0.3) is 5.91 Å². The Morgan fingerprint density at radius 1 is 1.31 bits per heavy atom. The maximum absolute atomic E-state index is 12.4. The second kappa shape index (κ2) is 7.90. The van der Waals surface area contributed by atoms with E-state index in [-0.39, 0.29) is 23.8 Å². The largest absolute Gasteiger partial charge is 0.508 e. The summed E-state index contributed by atoms with van der Waals surface area (Å²) in [5.41, 5.74) is 1.81. The monoisotopic (exact) mass is 358 g/mol. The zero-order valence-corrected chi connectivity index (χ0v) is 14.6. The van der Waals surface area contributed by atoms with Crippen molar-refractivity contribution in [2.24, 2.45) is 0 Å². The summed E-state index contributed by atoms with van der Waals surface area (Å²) in [6.07, 6.45) is 1.07. The average molecular weight is 358 g/mol. The molecule has 2 aromatic rings. The van der Waals surface area contributed by atoms with Crippen LogP contribution in [0.15, 0.2) is 30.3 Å². The summed E-state index contributed by atoms with van der Waals surface area (Å²) < 4.78 is 4.99. The predicted molar refractivity (Wildman–Crippen MR) is 94.8 cm³/mol. The van der Waals surface area contributed by atoms with Crippen LogP contribution in [0.3, 0.4) is 0 Å². The van der Waals surface area contributed by atoms with Crippen LogP contribution in [-0.2, 0) is 4.74 Å². The highest BCUT2D eigenvalue weighted by atomic mass is 16.6. The lowest BCUT2D eigenvalue weighted by Crippen LogP contribution is -2.46. The Morgan fingerprint density at radius 2 is 2.00 bits per heavy atom. The van der Waals surface area contributed by atoms with Gasteiger partial charge in [-0.15, -0.1) is 0 Å². The van der Waals surface area contributed by atoms with Crippen molar-refractivity contribution in [2.75, 3.05) is 19.7 Å². The van der Waals surface area contributed by atoms with Crippen molar-refractivity contribution in [3.63, 3.8) is 0 Å². The smallest absolute Gasteiger partial charge is 0.409 e. The lowest BCUT2D eigenvalue weighted by atomic mass is 10.1. The summed E-state index contributed by atoms with van der Waals surface area (Å²) in [7, 11) is 0. The summed E-state index contributed by atoms with van der Waals surface area (Å²) >= 11 is 0. The molecule has 0 atom stereocenters. The molecule has 26 heavy (non-hydrogen) atoms. The predicted octanol–water partition coefficient (Wildman–Crippen LogP) is 2.13. The van der Waals surface area contributed by atoms with Gasteiger partial charge < -0.3 is 20.1 Å². The maximum atomic E-state index is 12.4. The second-order valence-corrected chi connectivity index (χ2v) is 6.15. The van der Waals surface area contributed by atoms with Gasteiger partial charge in [0.1, 0.15) is 11.4 Å². The molecule has 138 valence electrons. The average Bonchev–Trinajstić information content (AvgIpc) is 3.13. The number of aromatic hydroxyl groups is 1. The number of aromatic nitrogens is 2. The molecular formula is C18H22N4O4. The third kappa shape index (κ3) is 4.14. The van der Waals surface area contributed by atoms with Gasteiger partial charge in [-0.1, -0.05) is 0 Å². The van der Waals surface area contributed by atoms with Gasteiger partial charge in [0.2, 0.25) is 0 Å². The number of carbonyl (C=O) groups is 2. The number of nitrogens with zero attached hydrogens (tertiary/aromatic N) is 2. The van der Waals surface area contributed by atoms with E-state index in [1.165, 1.54) is 0 Å². The number of ether oxygens (including phenoxy) is 1. The second-order valence-electron chi connectivity index (χ2n) is 6.15. The fraction of sp³-hybridized carbons (Fsp3) is 0.389. The highest BCUT2D eigenvalue weighted by Gasteiger charge is 2.25. The minimum absolute atomic E-state index is 0.00796. The zero-order valence-electron chi connectivity index (χ0n) is 14.6. The van der Waals surface area contributed by atoms with Gasteiger partial charge in [0.15, 0.2) is 0 Å². The first-order valence-corrected chi connectivity index (χ1v) is 8.64. The number of phenolic OH excluding ortho intramolecular Hbond substituents is 1. The lowest BCUT2D eigenvalue weighted by molar-refractivity contribution is 0.0856.